The van der Waals surface area contributed by atoms with Crippen molar-refractivity contribution in [2.24, 2.45) is 0 Å². The lowest BCUT2D eigenvalue weighted by molar-refractivity contribution is -0.0585. The van der Waals surface area contributed by atoms with E-state index in [2.05, 4.69) is 0 Å². The number of amides is 1. The van der Waals surface area contributed by atoms with Gasteiger partial charge in [-0.15, -0.1) is 0 Å². The Morgan fingerprint density at radius 1 is 1.07 bits per heavy atom. The van der Waals surface area contributed by atoms with Gasteiger partial charge in [-0.2, -0.15) is 0 Å². The van der Waals surface area contributed by atoms with E-state index in [-0.39, 0.29) is 18.1 Å². The van der Waals surface area contributed by atoms with Gasteiger partial charge in [-0.3, -0.25) is 4.79 Å². The van der Waals surface area contributed by atoms with Gasteiger partial charge < -0.3 is 9.64 Å². The molecule has 0 radical (unpaired) electrons. The zero-order valence-corrected chi connectivity index (χ0v) is 17.2. The van der Waals surface area contributed by atoms with Crippen LogP contribution in [0.3, 0.4) is 0 Å². The molecule has 0 aliphatic carbocycles. The Morgan fingerprint density at radius 2 is 1.79 bits per heavy atom. The molecule has 0 saturated carbocycles. The van der Waals surface area contributed by atoms with Gasteiger partial charge in [0.2, 0.25) is 0 Å². The fourth-order valence-corrected chi connectivity index (χ4v) is 4.21. The molecular formula is C22H20Cl2N2O2. The Balaban J connectivity index is 1.84. The van der Waals surface area contributed by atoms with Gasteiger partial charge in [0.1, 0.15) is 0 Å². The number of morpholine rings is 1. The molecule has 1 fully saturated rings. The van der Waals surface area contributed by atoms with Crippen molar-refractivity contribution in [1.29, 1.82) is 0 Å². The van der Waals surface area contributed by atoms with Crippen LogP contribution in [0.5, 0.6) is 0 Å². The monoisotopic (exact) mass is 414 g/mol. The van der Waals surface area contributed by atoms with E-state index in [0.29, 0.717) is 34.4 Å². The van der Waals surface area contributed by atoms with Crippen LogP contribution in [-0.2, 0) is 4.74 Å². The Kier molecular flexibility index (Phi) is 5.28. The highest BCUT2D eigenvalue weighted by atomic mass is 35.5. The number of pyridine rings is 1. The third kappa shape index (κ3) is 3.72. The van der Waals surface area contributed by atoms with E-state index in [9.17, 15) is 4.79 Å². The largest absolute Gasteiger partial charge is 0.372 e. The van der Waals surface area contributed by atoms with E-state index in [0.717, 1.165) is 16.5 Å². The highest BCUT2D eigenvalue weighted by Crippen LogP contribution is 2.32. The average Bonchev–Trinajstić information content (AvgIpc) is 2.66. The number of hydrogen-bond donors (Lipinski definition) is 0. The molecule has 28 heavy (non-hydrogen) atoms. The molecule has 3 aromatic rings. The molecule has 4 rings (SSSR count). The van der Waals surface area contributed by atoms with Crippen molar-refractivity contribution >= 4 is 40.0 Å². The van der Waals surface area contributed by atoms with Gasteiger partial charge in [0, 0.05) is 29.1 Å². The molecular weight excluding hydrogens is 395 g/mol. The normalized spacial score (nSPS) is 19.8. The Hall–Kier alpha value is -2.14. The number of benzene rings is 2. The number of halogens is 2. The lowest BCUT2D eigenvalue weighted by atomic mass is 10.0. The van der Waals surface area contributed by atoms with Gasteiger partial charge in [0.05, 0.1) is 34.0 Å². The van der Waals surface area contributed by atoms with Crippen molar-refractivity contribution in [2.45, 2.75) is 26.1 Å². The SMILES string of the molecule is C[C@H]1CN(C(=O)c2cc(-c3ccc(Cl)cc3Cl)nc3ccccc23)C[C@H](C)O1. The number of fused-ring (bicyclic) bond motifs is 1. The van der Waals surface area contributed by atoms with Crippen LogP contribution in [-0.4, -0.2) is 41.1 Å². The van der Waals surface area contributed by atoms with Crippen LogP contribution in [0.1, 0.15) is 24.2 Å². The first-order chi connectivity index (χ1) is 13.4. The highest BCUT2D eigenvalue weighted by Gasteiger charge is 2.28. The second-order valence-electron chi connectivity index (χ2n) is 7.16. The van der Waals surface area contributed by atoms with Gasteiger partial charge in [0.15, 0.2) is 0 Å². The molecule has 1 aliphatic rings. The second-order valence-corrected chi connectivity index (χ2v) is 8.01. The standard InChI is InChI=1S/C22H20Cl2N2O2/c1-13-11-26(12-14(2)28-13)22(27)18-10-21(17-8-7-15(23)9-19(17)24)25-20-6-4-3-5-16(18)20/h3-10,13-14H,11-12H2,1-2H3/t13-,14-/m0/s1. The van der Waals surface area contributed by atoms with Gasteiger partial charge in [-0.05, 0) is 44.2 Å². The van der Waals surface area contributed by atoms with Crippen LogP contribution in [0.4, 0.5) is 0 Å². The summed E-state index contributed by atoms with van der Waals surface area (Å²) in [6.45, 7) is 5.10. The molecule has 1 amide bonds. The summed E-state index contributed by atoms with van der Waals surface area (Å²) < 4.78 is 5.77. The van der Waals surface area contributed by atoms with Crippen molar-refractivity contribution < 1.29 is 9.53 Å². The lowest BCUT2D eigenvalue weighted by Gasteiger charge is -2.35. The molecule has 0 bridgehead atoms. The fraction of sp³-hybridized carbons (Fsp3) is 0.273. The topological polar surface area (TPSA) is 42.4 Å². The summed E-state index contributed by atoms with van der Waals surface area (Å²) in [5.41, 5.74) is 2.77. The van der Waals surface area contributed by atoms with Crippen molar-refractivity contribution in [3.63, 3.8) is 0 Å². The van der Waals surface area contributed by atoms with Crippen molar-refractivity contribution in [2.75, 3.05) is 13.1 Å². The average molecular weight is 415 g/mol. The molecule has 1 aliphatic heterocycles. The number of para-hydroxylation sites is 1. The first-order valence-electron chi connectivity index (χ1n) is 9.22. The molecule has 144 valence electrons. The summed E-state index contributed by atoms with van der Waals surface area (Å²) in [5.74, 6) is -0.0214. The summed E-state index contributed by atoms with van der Waals surface area (Å²) in [6.07, 6.45) is 0.0111. The van der Waals surface area contributed by atoms with Gasteiger partial charge in [-0.25, -0.2) is 4.98 Å². The maximum atomic E-state index is 13.4. The van der Waals surface area contributed by atoms with Crippen molar-refractivity contribution in [3.8, 4) is 11.3 Å². The molecule has 2 atom stereocenters. The third-order valence-corrected chi connectivity index (χ3v) is 5.41. The minimum Gasteiger partial charge on any atom is -0.372 e. The van der Waals surface area contributed by atoms with Gasteiger partial charge in [-0.1, -0.05) is 41.4 Å². The molecule has 1 aromatic heterocycles. The minimum atomic E-state index is -0.0214. The van der Waals surface area contributed by atoms with E-state index < -0.39 is 0 Å². The van der Waals surface area contributed by atoms with Crippen LogP contribution < -0.4 is 0 Å². The Bertz CT molecular complexity index is 1040. The first kappa shape index (κ1) is 19.2. The van der Waals surface area contributed by atoms with Gasteiger partial charge in [0.25, 0.3) is 5.91 Å². The summed E-state index contributed by atoms with van der Waals surface area (Å²) >= 11 is 12.4. The summed E-state index contributed by atoms with van der Waals surface area (Å²) in [5, 5.41) is 1.89. The predicted octanol–water partition coefficient (Wildman–Crippen LogP) is 5.46. The zero-order chi connectivity index (χ0) is 19.8. The zero-order valence-electron chi connectivity index (χ0n) is 15.7. The molecule has 4 nitrogen and oxygen atoms in total. The lowest BCUT2D eigenvalue weighted by Crippen LogP contribution is -2.48. The van der Waals surface area contributed by atoms with Crippen molar-refractivity contribution in [1.82, 2.24) is 9.88 Å². The number of ether oxygens (including phenoxy) is 1. The number of nitrogens with zero attached hydrogens (tertiary/aromatic N) is 2. The number of hydrogen-bond acceptors (Lipinski definition) is 3. The second kappa shape index (κ2) is 7.70. The van der Waals surface area contributed by atoms with E-state index in [4.69, 9.17) is 32.9 Å². The maximum absolute atomic E-state index is 13.4. The van der Waals surface area contributed by atoms with Crippen LogP contribution in [0.15, 0.2) is 48.5 Å². The summed E-state index contributed by atoms with van der Waals surface area (Å²) in [6, 6.07) is 14.8. The van der Waals surface area contributed by atoms with Crippen LogP contribution >= 0.6 is 23.2 Å². The van der Waals surface area contributed by atoms with Crippen LogP contribution in [0, 0.1) is 0 Å². The quantitative estimate of drug-likeness (QED) is 0.558. The van der Waals surface area contributed by atoms with Crippen LogP contribution in [0.25, 0.3) is 22.2 Å². The number of carbonyl (C=O) groups excluding carboxylic acids is 1. The molecule has 2 heterocycles. The molecule has 0 spiro atoms. The predicted molar refractivity (Wildman–Crippen MR) is 113 cm³/mol. The fourth-order valence-electron chi connectivity index (χ4n) is 3.70. The number of rotatable bonds is 2. The van der Waals surface area contributed by atoms with E-state index in [1.165, 1.54) is 0 Å². The molecule has 1 saturated heterocycles. The number of aromatic nitrogens is 1. The van der Waals surface area contributed by atoms with E-state index >= 15 is 0 Å². The van der Waals surface area contributed by atoms with E-state index in [1.807, 2.05) is 55.1 Å². The molecule has 0 unspecified atom stereocenters. The van der Waals surface area contributed by atoms with Crippen molar-refractivity contribution in [3.05, 3.63) is 64.1 Å². The molecule has 2 aromatic carbocycles. The maximum Gasteiger partial charge on any atom is 0.254 e. The number of carbonyl (C=O) groups is 1. The summed E-state index contributed by atoms with van der Waals surface area (Å²) in [7, 11) is 0. The minimum absolute atomic E-state index is 0.00554. The summed E-state index contributed by atoms with van der Waals surface area (Å²) in [4.78, 5) is 20.0. The molecule has 0 N–H and O–H groups in total. The first-order valence-corrected chi connectivity index (χ1v) is 9.98. The smallest absolute Gasteiger partial charge is 0.254 e. The Labute approximate surface area is 174 Å². The van der Waals surface area contributed by atoms with Crippen LogP contribution in [0.2, 0.25) is 10.0 Å². The van der Waals surface area contributed by atoms with E-state index in [1.54, 1.807) is 12.1 Å². The molecule has 6 heteroatoms. The highest BCUT2D eigenvalue weighted by molar-refractivity contribution is 6.36. The van der Waals surface area contributed by atoms with Gasteiger partial charge >= 0.3 is 0 Å². The third-order valence-electron chi connectivity index (χ3n) is 4.86. The Morgan fingerprint density at radius 3 is 2.50 bits per heavy atom.